The number of nitrogens with zero attached hydrogens (tertiary/aromatic N) is 1. The molecule has 1 aliphatic heterocycles. The molecule has 0 aliphatic carbocycles. The summed E-state index contributed by atoms with van der Waals surface area (Å²) in [7, 11) is 0. The summed E-state index contributed by atoms with van der Waals surface area (Å²) in [5.41, 5.74) is 2.67. The zero-order chi connectivity index (χ0) is 16.4. The van der Waals surface area contributed by atoms with Gasteiger partial charge in [0.1, 0.15) is 0 Å². The van der Waals surface area contributed by atoms with Crippen LogP contribution in [0.2, 0.25) is 10.0 Å². The van der Waals surface area contributed by atoms with Crippen molar-refractivity contribution in [2.45, 2.75) is 12.8 Å². The van der Waals surface area contributed by atoms with E-state index in [1.54, 1.807) is 18.2 Å². The Hall–Kier alpha value is -1.62. The van der Waals surface area contributed by atoms with Crippen LogP contribution in [-0.4, -0.2) is 17.6 Å². The Labute approximate surface area is 150 Å². The van der Waals surface area contributed by atoms with E-state index in [1.165, 1.54) is 5.56 Å². The van der Waals surface area contributed by atoms with Crippen LogP contribution in [0.15, 0.2) is 42.5 Å². The first-order valence-electron chi connectivity index (χ1n) is 7.21. The zero-order valence-electron chi connectivity index (χ0n) is 12.2. The van der Waals surface area contributed by atoms with Crippen molar-refractivity contribution >= 4 is 52.1 Å². The average molecular weight is 365 g/mol. The Balaban J connectivity index is 1.78. The fourth-order valence-electron chi connectivity index (χ4n) is 2.67. The molecule has 0 unspecified atom stereocenters. The van der Waals surface area contributed by atoms with Gasteiger partial charge in [-0.2, -0.15) is 0 Å². The third-order valence-electron chi connectivity index (χ3n) is 3.70. The summed E-state index contributed by atoms with van der Waals surface area (Å²) >= 11 is 17.3. The maximum Gasteiger partial charge on any atom is 0.257 e. The number of para-hydroxylation sites is 1. The minimum atomic E-state index is -0.317. The van der Waals surface area contributed by atoms with E-state index in [9.17, 15) is 4.79 Å². The highest BCUT2D eigenvalue weighted by atomic mass is 35.5. The number of halogens is 2. The van der Waals surface area contributed by atoms with E-state index in [-0.39, 0.29) is 5.91 Å². The molecule has 0 aromatic heterocycles. The molecule has 0 radical (unpaired) electrons. The van der Waals surface area contributed by atoms with Crippen LogP contribution in [0.4, 0.5) is 5.69 Å². The Morgan fingerprint density at radius 2 is 1.83 bits per heavy atom. The van der Waals surface area contributed by atoms with Gasteiger partial charge in [0.15, 0.2) is 5.11 Å². The molecule has 0 saturated carbocycles. The number of carbonyl (C=O) groups is 1. The lowest BCUT2D eigenvalue weighted by molar-refractivity contribution is 0.0977. The molecule has 1 heterocycles. The molecule has 3 nitrogen and oxygen atoms in total. The Kier molecular flexibility index (Phi) is 4.85. The van der Waals surface area contributed by atoms with Gasteiger partial charge in [0.05, 0.1) is 0 Å². The fourth-order valence-corrected chi connectivity index (χ4v) is 3.47. The van der Waals surface area contributed by atoms with E-state index in [4.69, 9.17) is 35.4 Å². The van der Waals surface area contributed by atoms with Crippen LogP contribution in [0.25, 0.3) is 0 Å². The maximum atomic E-state index is 12.4. The standard InChI is InChI=1S/C17H14Cl2N2OS/c18-13-8-12(9-14(19)10-13)16(22)20-17(23)21-7-3-5-11-4-1-2-6-15(11)21/h1-2,4,6,8-10H,3,5,7H2,(H,20,22,23). The van der Waals surface area contributed by atoms with Gasteiger partial charge in [-0.3, -0.25) is 10.1 Å². The fraction of sp³-hybridized carbons (Fsp3) is 0.176. The first kappa shape index (κ1) is 16.2. The molecule has 23 heavy (non-hydrogen) atoms. The molecule has 0 atom stereocenters. The van der Waals surface area contributed by atoms with Gasteiger partial charge in [0.25, 0.3) is 5.91 Å². The molecule has 2 aromatic carbocycles. The van der Waals surface area contributed by atoms with Gasteiger partial charge in [0, 0.05) is 27.8 Å². The lowest BCUT2D eigenvalue weighted by Gasteiger charge is -2.31. The molecule has 1 amide bonds. The average Bonchev–Trinajstić information content (AvgIpc) is 2.53. The Morgan fingerprint density at radius 1 is 1.13 bits per heavy atom. The maximum absolute atomic E-state index is 12.4. The van der Waals surface area contributed by atoms with Crippen LogP contribution in [0, 0.1) is 0 Å². The predicted octanol–water partition coefficient (Wildman–Crippen LogP) is 4.46. The SMILES string of the molecule is O=C(NC(=S)N1CCCc2ccccc21)c1cc(Cl)cc(Cl)c1. The summed E-state index contributed by atoms with van der Waals surface area (Å²) in [6.45, 7) is 0.784. The van der Waals surface area contributed by atoms with E-state index < -0.39 is 0 Å². The monoisotopic (exact) mass is 364 g/mol. The summed E-state index contributed by atoms with van der Waals surface area (Å²) in [5.74, 6) is -0.317. The summed E-state index contributed by atoms with van der Waals surface area (Å²) < 4.78 is 0. The van der Waals surface area contributed by atoms with Crippen molar-refractivity contribution in [1.82, 2.24) is 5.32 Å². The number of fused-ring (bicyclic) bond motifs is 1. The molecule has 0 fully saturated rings. The largest absolute Gasteiger partial charge is 0.318 e. The second kappa shape index (κ2) is 6.87. The van der Waals surface area contributed by atoms with Crippen molar-refractivity contribution in [3.63, 3.8) is 0 Å². The molecule has 1 aliphatic rings. The van der Waals surface area contributed by atoms with E-state index in [1.807, 2.05) is 23.1 Å². The van der Waals surface area contributed by atoms with Crippen LogP contribution in [0.3, 0.4) is 0 Å². The quantitative estimate of drug-likeness (QED) is 0.758. The summed E-state index contributed by atoms with van der Waals surface area (Å²) in [6.07, 6.45) is 2.02. The lowest BCUT2D eigenvalue weighted by atomic mass is 10.0. The van der Waals surface area contributed by atoms with Gasteiger partial charge in [-0.1, -0.05) is 41.4 Å². The van der Waals surface area contributed by atoms with Crippen LogP contribution >= 0.6 is 35.4 Å². The molecule has 0 saturated heterocycles. The molecule has 0 spiro atoms. The number of carbonyl (C=O) groups excluding carboxylic acids is 1. The Morgan fingerprint density at radius 3 is 2.57 bits per heavy atom. The molecular formula is C17H14Cl2N2OS. The highest BCUT2D eigenvalue weighted by molar-refractivity contribution is 7.80. The van der Waals surface area contributed by atoms with E-state index >= 15 is 0 Å². The van der Waals surface area contributed by atoms with Gasteiger partial charge < -0.3 is 4.90 Å². The predicted molar refractivity (Wildman–Crippen MR) is 98.6 cm³/mol. The zero-order valence-corrected chi connectivity index (χ0v) is 14.5. The van der Waals surface area contributed by atoms with Gasteiger partial charge in [-0.05, 0) is 54.9 Å². The first-order chi connectivity index (χ1) is 11.0. The van der Waals surface area contributed by atoms with Crippen molar-refractivity contribution in [2.24, 2.45) is 0 Å². The van der Waals surface area contributed by atoms with E-state index in [0.717, 1.165) is 25.1 Å². The molecule has 1 N–H and O–H groups in total. The third-order valence-corrected chi connectivity index (χ3v) is 4.46. The minimum absolute atomic E-state index is 0.317. The van der Waals surface area contributed by atoms with Gasteiger partial charge in [-0.15, -0.1) is 0 Å². The number of hydrogen-bond donors (Lipinski definition) is 1. The molecule has 6 heteroatoms. The van der Waals surface area contributed by atoms with Crippen molar-refractivity contribution < 1.29 is 4.79 Å². The van der Waals surface area contributed by atoms with Crippen molar-refractivity contribution in [3.05, 3.63) is 63.6 Å². The molecule has 3 rings (SSSR count). The third kappa shape index (κ3) is 3.66. The number of anilines is 1. The van der Waals surface area contributed by atoms with Crippen LogP contribution < -0.4 is 10.2 Å². The molecule has 118 valence electrons. The second-order valence-electron chi connectivity index (χ2n) is 5.30. The first-order valence-corrected chi connectivity index (χ1v) is 8.38. The smallest absolute Gasteiger partial charge is 0.257 e. The van der Waals surface area contributed by atoms with Gasteiger partial charge in [-0.25, -0.2) is 0 Å². The van der Waals surface area contributed by atoms with Gasteiger partial charge in [0.2, 0.25) is 0 Å². The summed E-state index contributed by atoms with van der Waals surface area (Å²) in [4.78, 5) is 14.3. The molecular weight excluding hydrogens is 351 g/mol. The summed E-state index contributed by atoms with van der Waals surface area (Å²) in [6, 6.07) is 12.8. The highest BCUT2D eigenvalue weighted by Crippen LogP contribution is 2.27. The lowest BCUT2D eigenvalue weighted by Crippen LogP contribution is -2.45. The summed E-state index contributed by atoms with van der Waals surface area (Å²) in [5, 5.41) is 3.98. The molecule has 0 bridgehead atoms. The topological polar surface area (TPSA) is 32.3 Å². The van der Waals surface area contributed by atoms with Gasteiger partial charge >= 0.3 is 0 Å². The van der Waals surface area contributed by atoms with Crippen molar-refractivity contribution in [3.8, 4) is 0 Å². The number of nitrogens with one attached hydrogen (secondary N) is 1. The van der Waals surface area contributed by atoms with Crippen LogP contribution in [-0.2, 0) is 6.42 Å². The van der Waals surface area contributed by atoms with Crippen molar-refractivity contribution in [2.75, 3.05) is 11.4 Å². The number of amides is 1. The number of thiocarbonyl (C=S) groups is 1. The van der Waals surface area contributed by atoms with Crippen LogP contribution in [0.5, 0.6) is 0 Å². The number of aryl methyl sites for hydroxylation is 1. The number of rotatable bonds is 1. The van der Waals surface area contributed by atoms with E-state index in [0.29, 0.717) is 20.7 Å². The normalized spacial score (nSPS) is 13.4. The second-order valence-corrected chi connectivity index (χ2v) is 6.56. The molecule has 2 aromatic rings. The Bertz CT molecular complexity index is 759. The minimum Gasteiger partial charge on any atom is -0.318 e. The van der Waals surface area contributed by atoms with Crippen molar-refractivity contribution in [1.29, 1.82) is 0 Å². The highest BCUT2D eigenvalue weighted by Gasteiger charge is 2.21. The number of benzene rings is 2. The number of hydrogen-bond acceptors (Lipinski definition) is 2. The van der Waals surface area contributed by atoms with Crippen LogP contribution in [0.1, 0.15) is 22.3 Å². The van der Waals surface area contributed by atoms with E-state index in [2.05, 4.69) is 11.4 Å².